The van der Waals surface area contributed by atoms with Gasteiger partial charge < -0.3 is 14.8 Å². The summed E-state index contributed by atoms with van der Waals surface area (Å²) in [6.07, 6.45) is 9.21. The van der Waals surface area contributed by atoms with Crippen LogP contribution in [0.3, 0.4) is 0 Å². The third kappa shape index (κ3) is 2.82. The normalized spacial score (nSPS) is 15.1. The third-order valence-electron chi connectivity index (χ3n) is 4.81. The molecule has 124 valence electrons. The van der Waals surface area contributed by atoms with Crippen molar-refractivity contribution in [3.63, 3.8) is 0 Å². The van der Waals surface area contributed by atoms with E-state index >= 15 is 0 Å². The number of fused-ring (bicyclic) bond motifs is 1. The Morgan fingerprint density at radius 3 is 2.54 bits per heavy atom. The topological polar surface area (TPSA) is 46.0 Å². The maximum absolute atomic E-state index is 4.76. The molecule has 0 bridgehead atoms. The minimum absolute atomic E-state index is 0.588. The lowest BCUT2D eigenvalue weighted by molar-refractivity contribution is 0.532. The zero-order valence-corrected chi connectivity index (χ0v) is 14.2. The second-order valence-electron chi connectivity index (χ2n) is 6.70. The highest BCUT2D eigenvalue weighted by atomic mass is 15.2. The molecule has 1 saturated carbocycles. The lowest BCUT2D eigenvalue weighted by Gasteiger charge is -2.14. The van der Waals surface area contributed by atoms with Crippen molar-refractivity contribution in [3.05, 3.63) is 42.7 Å². The predicted molar refractivity (Wildman–Crippen MR) is 99.1 cm³/mol. The molecule has 0 amide bonds. The van der Waals surface area contributed by atoms with Gasteiger partial charge in [0.2, 0.25) is 5.95 Å². The third-order valence-corrected chi connectivity index (χ3v) is 4.81. The number of hydrogen-bond acceptors (Lipinski definition) is 4. The first-order valence-electron chi connectivity index (χ1n) is 8.59. The molecule has 2 heterocycles. The molecule has 0 radical (unpaired) electrons. The van der Waals surface area contributed by atoms with Gasteiger partial charge in [-0.15, -0.1) is 0 Å². The Hall–Kier alpha value is -2.56. The number of nitrogens with one attached hydrogen (secondary N) is 1. The first kappa shape index (κ1) is 15.0. The van der Waals surface area contributed by atoms with Crippen LogP contribution in [-0.2, 0) is 0 Å². The van der Waals surface area contributed by atoms with Crippen LogP contribution in [0.1, 0.15) is 31.7 Å². The van der Waals surface area contributed by atoms with Gasteiger partial charge in [-0.2, -0.15) is 4.98 Å². The number of aromatic nitrogens is 3. The van der Waals surface area contributed by atoms with Crippen molar-refractivity contribution in [1.29, 1.82) is 0 Å². The Morgan fingerprint density at radius 1 is 1.08 bits per heavy atom. The maximum Gasteiger partial charge on any atom is 0.229 e. The van der Waals surface area contributed by atoms with Gasteiger partial charge in [0.25, 0.3) is 0 Å². The zero-order valence-electron chi connectivity index (χ0n) is 14.2. The lowest BCUT2D eigenvalue weighted by atomic mass is 10.2. The molecule has 0 unspecified atom stereocenters. The Kier molecular flexibility index (Phi) is 3.84. The van der Waals surface area contributed by atoms with Gasteiger partial charge in [-0.25, -0.2) is 4.98 Å². The summed E-state index contributed by atoms with van der Waals surface area (Å²) in [5.74, 6) is 0.651. The molecular weight excluding hydrogens is 298 g/mol. The fraction of sp³-hybridized carbons (Fsp3) is 0.368. The minimum Gasteiger partial charge on any atom is -0.378 e. The van der Waals surface area contributed by atoms with E-state index in [1.54, 1.807) is 0 Å². The smallest absolute Gasteiger partial charge is 0.229 e. The first-order valence-corrected chi connectivity index (χ1v) is 8.59. The van der Waals surface area contributed by atoms with Gasteiger partial charge in [0.15, 0.2) is 0 Å². The molecule has 1 aliphatic carbocycles. The summed E-state index contributed by atoms with van der Waals surface area (Å²) >= 11 is 0. The number of nitrogens with zero attached hydrogens (tertiary/aromatic N) is 4. The van der Waals surface area contributed by atoms with E-state index < -0.39 is 0 Å². The molecule has 1 fully saturated rings. The van der Waals surface area contributed by atoms with Gasteiger partial charge in [0.1, 0.15) is 5.65 Å². The molecule has 0 atom stereocenters. The quantitative estimate of drug-likeness (QED) is 0.776. The van der Waals surface area contributed by atoms with E-state index in [9.17, 15) is 0 Å². The van der Waals surface area contributed by atoms with Crippen LogP contribution in [0, 0.1) is 0 Å². The Balaban J connectivity index is 1.61. The monoisotopic (exact) mass is 321 g/mol. The van der Waals surface area contributed by atoms with Crippen molar-refractivity contribution in [2.24, 2.45) is 0 Å². The van der Waals surface area contributed by atoms with Gasteiger partial charge in [0, 0.05) is 49.3 Å². The first-order chi connectivity index (χ1) is 11.7. The molecule has 0 spiro atoms. The average molecular weight is 321 g/mol. The molecule has 24 heavy (non-hydrogen) atoms. The molecule has 4 rings (SSSR count). The highest BCUT2D eigenvalue weighted by molar-refractivity contribution is 5.77. The highest BCUT2D eigenvalue weighted by Gasteiger charge is 2.19. The maximum atomic E-state index is 4.76. The summed E-state index contributed by atoms with van der Waals surface area (Å²) in [7, 11) is 4.08. The van der Waals surface area contributed by atoms with Crippen LogP contribution in [0.2, 0.25) is 0 Å². The van der Waals surface area contributed by atoms with Crippen molar-refractivity contribution in [2.75, 3.05) is 24.3 Å². The van der Waals surface area contributed by atoms with E-state index in [4.69, 9.17) is 4.98 Å². The Bertz CT molecular complexity index is 829. The van der Waals surface area contributed by atoms with Crippen molar-refractivity contribution in [3.8, 4) is 0 Å². The largest absolute Gasteiger partial charge is 0.378 e. The molecule has 1 aliphatic rings. The second-order valence-corrected chi connectivity index (χ2v) is 6.70. The standard InChI is InChI=1S/C19H23N5/c1-23(2)16-9-7-15(8-10-16)21-19-20-13-14-11-12-24(18(14)22-19)17-5-3-4-6-17/h7-13,17H,3-6H2,1-2H3,(H,20,21,22). The molecule has 3 aromatic rings. The fourth-order valence-corrected chi connectivity index (χ4v) is 3.45. The van der Waals surface area contributed by atoms with Crippen molar-refractivity contribution in [2.45, 2.75) is 31.7 Å². The average Bonchev–Trinajstić information content (AvgIpc) is 3.24. The van der Waals surface area contributed by atoms with Crippen LogP contribution >= 0.6 is 0 Å². The van der Waals surface area contributed by atoms with Crippen LogP contribution in [0.4, 0.5) is 17.3 Å². The van der Waals surface area contributed by atoms with Crippen LogP contribution in [0.15, 0.2) is 42.7 Å². The number of anilines is 3. The van der Waals surface area contributed by atoms with Crippen LogP contribution in [-0.4, -0.2) is 28.6 Å². The molecule has 1 N–H and O–H groups in total. The predicted octanol–water partition coefficient (Wildman–Crippen LogP) is 4.36. The van der Waals surface area contributed by atoms with Crippen molar-refractivity contribution >= 4 is 28.4 Å². The SMILES string of the molecule is CN(C)c1ccc(Nc2ncc3ccn(C4CCCC4)c3n2)cc1. The zero-order chi connectivity index (χ0) is 16.5. The van der Waals surface area contributed by atoms with Gasteiger partial charge >= 0.3 is 0 Å². The van der Waals surface area contributed by atoms with E-state index in [1.165, 1.54) is 31.4 Å². The van der Waals surface area contributed by atoms with Crippen LogP contribution in [0.25, 0.3) is 11.0 Å². The van der Waals surface area contributed by atoms with Crippen molar-refractivity contribution in [1.82, 2.24) is 14.5 Å². The second kappa shape index (κ2) is 6.15. The van der Waals surface area contributed by atoms with Gasteiger partial charge in [-0.05, 0) is 43.2 Å². The fourth-order valence-electron chi connectivity index (χ4n) is 3.45. The Morgan fingerprint density at radius 2 is 1.83 bits per heavy atom. The summed E-state index contributed by atoms with van der Waals surface area (Å²) in [5.41, 5.74) is 3.20. The molecule has 0 aliphatic heterocycles. The Labute approximate surface area is 142 Å². The number of hydrogen-bond donors (Lipinski definition) is 1. The number of benzene rings is 1. The van der Waals surface area contributed by atoms with Crippen LogP contribution in [0.5, 0.6) is 0 Å². The highest BCUT2D eigenvalue weighted by Crippen LogP contribution is 2.32. The van der Waals surface area contributed by atoms with E-state index in [2.05, 4.69) is 56.3 Å². The molecule has 0 saturated heterocycles. The molecule has 2 aromatic heterocycles. The van der Waals surface area contributed by atoms with E-state index in [0.717, 1.165) is 16.7 Å². The molecule has 5 heteroatoms. The summed E-state index contributed by atoms with van der Waals surface area (Å²) in [6, 6.07) is 11.0. The van der Waals surface area contributed by atoms with Gasteiger partial charge in [-0.3, -0.25) is 0 Å². The summed E-state index contributed by atoms with van der Waals surface area (Å²) in [6.45, 7) is 0. The van der Waals surface area contributed by atoms with E-state index in [0.29, 0.717) is 12.0 Å². The van der Waals surface area contributed by atoms with Gasteiger partial charge in [-0.1, -0.05) is 12.8 Å². The number of rotatable bonds is 4. The van der Waals surface area contributed by atoms with E-state index in [1.807, 2.05) is 20.3 Å². The van der Waals surface area contributed by atoms with Crippen LogP contribution < -0.4 is 10.2 Å². The molecular formula is C19H23N5. The summed E-state index contributed by atoms with van der Waals surface area (Å²) < 4.78 is 2.32. The van der Waals surface area contributed by atoms with Crippen molar-refractivity contribution < 1.29 is 0 Å². The molecule has 1 aromatic carbocycles. The minimum atomic E-state index is 0.588. The summed E-state index contributed by atoms with van der Waals surface area (Å²) in [4.78, 5) is 11.3. The lowest BCUT2D eigenvalue weighted by Crippen LogP contribution is -2.08. The molecule has 5 nitrogen and oxygen atoms in total. The van der Waals surface area contributed by atoms with Gasteiger partial charge in [0.05, 0.1) is 0 Å². The summed E-state index contributed by atoms with van der Waals surface area (Å²) in [5, 5.41) is 4.42. The van der Waals surface area contributed by atoms with E-state index in [-0.39, 0.29) is 0 Å².